The minimum atomic E-state index is -0.966. The fourth-order valence-corrected chi connectivity index (χ4v) is 1.67. The third kappa shape index (κ3) is 3.32. The van der Waals surface area contributed by atoms with E-state index in [1.54, 1.807) is 24.3 Å². The van der Waals surface area contributed by atoms with Crippen LogP contribution in [0.5, 0.6) is 0 Å². The van der Waals surface area contributed by atoms with Gasteiger partial charge in [-0.2, -0.15) is 0 Å². The molecule has 0 spiro atoms. The zero-order valence-electron chi connectivity index (χ0n) is 10.4. The second-order valence-electron chi connectivity index (χ2n) is 4.16. The number of aromatic carboxylic acids is 1. The number of hydrogen-bond donors (Lipinski definition) is 2. The molecule has 2 rings (SSSR count). The Kier molecular flexibility index (Phi) is 3.95. The predicted octanol–water partition coefficient (Wildman–Crippen LogP) is 2.91. The van der Waals surface area contributed by atoms with Crippen LogP contribution >= 0.6 is 0 Å². The summed E-state index contributed by atoms with van der Waals surface area (Å²) in [7, 11) is 0. The zero-order chi connectivity index (χ0) is 14.5. The van der Waals surface area contributed by atoms with Gasteiger partial charge in [-0.1, -0.05) is 12.1 Å². The minimum Gasteiger partial charge on any atom is -0.478 e. The summed E-state index contributed by atoms with van der Waals surface area (Å²) in [5.74, 6) is -0.966. The molecule has 2 aromatic rings. The lowest BCUT2D eigenvalue weighted by Gasteiger charge is -2.06. The van der Waals surface area contributed by atoms with Crippen LogP contribution in [0.2, 0.25) is 0 Å². The molecule has 6 heteroatoms. The normalized spacial score (nSPS) is 10.0. The quantitative estimate of drug-likeness (QED) is 0.644. The highest BCUT2D eigenvalue weighted by Gasteiger charge is 2.04. The Morgan fingerprint density at radius 2 is 1.70 bits per heavy atom. The number of non-ortho nitro benzene ring substituents is 1. The first-order chi connectivity index (χ1) is 9.56. The molecule has 0 fully saturated rings. The number of rotatable bonds is 5. The van der Waals surface area contributed by atoms with E-state index in [1.807, 2.05) is 0 Å². The number of carbonyl (C=O) groups is 1. The summed E-state index contributed by atoms with van der Waals surface area (Å²) in [5, 5.41) is 22.4. The first-order valence-electron chi connectivity index (χ1n) is 5.87. The van der Waals surface area contributed by atoms with Gasteiger partial charge in [0.1, 0.15) is 0 Å². The number of carboxylic acids is 1. The molecule has 0 aliphatic heterocycles. The molecule has 0 unspecified atom stereocenters. The first-order valence-corrected chi connectivity index (χ1v) is 5.87. The molecule has 0 aliphatic rings. The first kappa shape index (κ1) is 13.5. The molecule has 0 heterocycles. The number of nitrogens with one attached hydrogen (secondary N) is 1. The summed E-state index contributed by atoms with van der Waals surface area (Å²) < 4.78 is 0. The maximum Gasteiger partial charge on any atom is 0.335 e. The van der Waals surface area contributed by atoms with Crippen molar-refractivity contribution < 1.29 is 14.8 Å². The van der Waals surface area contributed by atoms with Crippen molar-refractivity contribution in [3.8, 4) is 0 Å². The van der Waals surface area contributed by atoms with Gasteiger partial charge >= 0.3 is 5.97 Å². The number of carboxylic acid groups (broad SMARTS) is 1. The molecule has 0 aliphatic carbocycles. The van der Waals surface area contributed by atoms with Gasteiger partial charge < -0.3 is 10.4 Å². The summed E-state index contributed by atoms with van der Waals surface area (Å²) in [6, 6.07) is 12.6. The molecule has 0 atom stereocenters. The van der Waals surface area contributed by atoms with Gasteiger partial charge in [0.2, 0.25) is 0 Å². The van der Waals surface area contributed by atoms with Gasteiger partial charge in [-0.25, -0.2) is 4.79 Å². The third-order valence-electron chi connectivity index (χ3n) is 2.78. The number of hydrogen-bond acceptors (Lipinski definition) is 4. The van der Waals surface area contributed by atoms with E-state index in [0.29, 0.717) is 6.54 Å². The van der Waals surface area contributed by atoms with Gasteiger partial charge in [-0.3, -0.25) is 10.1 Å². The van der Waals surface area contributed by atoms with Crippen molar-refractivity contribution in [3.63, 3.8) is 0 Å². The molecule has 102 valence electrons. The number of benzene rings is 2. The molecule has 0 saturated carbocycles. The molecule has 2 aromatic carbocycles. The maximum absolute atomic E-state index is 10.7. The SMILES string of the molecule is O=C(O)c1ccc(NCc2ccc([N+](=O)[O-])cc2)cc1. The number of nitro benzene ring substituents is 1. The van der Waals surface area contributed by atoms with Crippen LogP contribution in [0.25, 0.3) is 0 Å². The summed E-state index contributed by atoms with van der Waals surface area (Å²) in [4.78, 5) is 20.8. The Morgan fingerprint density at radius 3 is 2.20 bits per heavy atom. The highest BCUT2D eigenvalue weighted by atomic mass is 16.6. The average molecular weight is 272 g/mol. The fraction of sp³-hybridized carbons (Fsp3) is 0.0714. The van der Waals surface area contributed by atoms with Crippen LogP contribution < -0.4 is 5.32 Å². The smallest absolute Gasteiger partial charge is 0.335 e. The Hall–Kier alpha value is -2.89. The van der Waals surface area contributed by atoms with E-state index in [1.165, 1.54) is 24.3 Å². The summed E-state index contributed by atoms with van der Waals surface area (Å²) in [6.45, 7) is 0.504. The highest BCUT2D eigenvalue weighted by molar-refractivity contribution is 5.87. The molecule has 0 bridgehead atoms. The summed E-state index contributed by atoms with van der Waals surface area (Å²) in [6.07, 6.45) is 0. The molecule has 0 aromatic heterocycles. The van der Waals surface area contributed by atoms with E-state index >= 15 is 0 Å². The average Bonchev–Trinajstić information content (AvgIpc) is 2.46. The van der Waals surface area contributed by atoms with Gasteiger partial charge in [-0.15, -0.1) is 0 Å². The van der Waals surface area contributed by atoms with Crippen molar-refractivity contribution in [2.45, 2.75) is 6.54 Å². The summed E-state index contributed by atoms with van der Waals surface area (Å²) >= 11 is 0. The molecule has 20 heavy (non-hydrogen) atoms. The Morgan fingerprint density at radius 1 is 1.10 bits per heavy atom. The largest absolute Gasteiger partial charge is 0.478 e. The van der Waals surface area contributed by atoms with Gasteiger partial charge in [-0.05, 0) is 29.8 Å². The highest BCUT2D eigenvalue weighted by Crippen LogP contribution is 2.14. The van der Waals surface area contributed by atoms with Crippen LogP contribution in [0.1, 0.15) is 15.9 Å². The predicted molar refractivity (Wildman–Crippen MR) is 73.8 cm³/mol. The van der Waals surface area contributed by atoms with Crippen LogP contribution in [0.4, 0.5) is 11.4 Å². The number of nitro groups is 1. The Bertz CT molecular complexity index is 563. The van der Waals surface area contributed by atoms with Crippen molar-refractivity contribution in [2.24, 2.45) is 0 Å². The van der Waals surface area contributed by atoms with E-state index in [2.05, 4.69) is 5.32 Å². The minimum absolute atomic E-state index is 0.0551. The Labute approximate surface area is 114 Å². The van der Waals surface area contributed by atoms with Crippen molar-refractivity contribution in [1.29, 1.82) is 0 Å². The molecular weight excluding hydrogens is 260 g/mol. The molecule has 0 saturated heterocycles. The second kappa shape index (κ2) is 5.83. The molecule has 6 nitrogen and oxygen atoms in total. The van der Waals surface area contributed by atoms with Crippen LogP contribution in [-0.4, -0.2) is 16.0 Å². The monoisotopic (exact) mass is 272 g/mol. The van der Waals surface area contributed by atoms with E-state index in [4.69, 9.17) is 5.11 Å². The van der Waals surface area contributed by atoms with Crippen LogP contribution in [0, 0.1) is 10.1 Å². The lowest BCUT2D eigenvalue weighted by atomic mass is 10.2. The van der Waals surface area contributed by atoms with Crippen molar-refractivity contribution in [1.82, 2.24) is 0 Å². The van der Waals surface area contributed by atoms with E-state index < -0.39 is 10.9 Å². The van der Waals surface area contributed by atoms with Gasteiger partial charge in [0, 0.05) is 24.4 Å². The fourth-order valence-electron chi connectivity index (χ4n) is 1.67. The van der Waals surface area contributed by atoms with Gasteiger partial charge in [0.25, 0.3) is 5.69 Å². The second-order valence-corrected chi connectivity index (χ2v) is 4.16. The van der Waals surface area contributed by atoms with Crippen LogP contribution in [0.3, 0.4) is 0 Å². The number of nitrogens with zero attached hydrogens (tertiary/aromatic N) is 1. The third-order valence-corrected chi connectivity index (χ3v) is 2.78. The topological polar surface area (TPSA) is 92.5 Å². The Balaban J connectivity index is 1.97. The van der Waals surface area contributed by atoms with E-state index in [0.717, 1.165) is 11.3 Å². The number of anilines is 1. The molecular formula is C14H12N2O4. The molecule has 2 N–H and O–H groups in total. The molecule has 0 radical (unpaired) electrons. The zero-order valence-corrected chi connectivity index (χ0v) is 10.4. The maximum atomic E-state index is 10.7. The lowest BCUT2D eigenvalue weighted by molar-refractivity contribution is -0.384. The van der Waals surface area contributed by atoms with Gasteiger partial charge in [0.15, 0.2) is 0 Å². The standard InChI is InChI=1S/C14H12N2O4/c17-14(18)11-3-5-12(6-4-11)15-9-10-1-7-13(8-2-10)16(19)20/h1-8,15H,9H2,(H,17,18). The van der Waals surface area contributed by atoms with E-state index in [9.17, 15) is 14.9 Å². The van der Waals surface area contributed by atoms with Crippen molar-refractivity contribution in [2.75, 3.05) is 5.32 Å². The van der Waals surface area contributed by atoms with Crippen molar-refractivity contribution in [3.05, 3.63) is 69.8 Å². The van der Waals surface area contributed by atoms with Gasteiger partial charge in [0.05, 0.1) is 10.5 Å². The van der Waals surface area contributed by atoms with E-state index in [-0.39, 0.29) is 11.3 Å². The van der Waals surface area contributed by atoms with Crippen LogP contribution in [-0.2, 0) is 6.54 Å². The summed E-state index contributed by atoms with van der Waals surface area (Å²) in [5.41, 5.74) is 1.97. The van der Waals surface area contributed by atoms with Crippen molar-refractivity contribution >= 4 is 17.3 Å². The molecule has 0 amide bonds. The van der Waals surface area contributed by atoms with Crippen LogP contribution in [0.15, 0.2) is 48.5 Å². The lowest BCUT2D eigenvalue weighted by Crippen LogP contribution is -2.01.